The van der Waals surface area contributed by atoms with Gasteiger partial charge in [-0.3, -0.25) is 0 Å². The Kier molecular flexibility index (Phi) is 3.54. The Morgan fingerprint density at radius 1 is 1.30 bits per heavy atom. The maximum atomic E-state index is 5.99. The zero-order valence-electron chi connectivity index (χ0n) is 11.7. The SMILES string of the molecule is CCC(N)Cc1nc(-c2nc3ccccc3n2C)cs1. The number of nitrogens with two attached hydrogens (primary N) is 1. The molecule has 3 rings (SSSR count). The van der Waals surface area contributed by atoms with E-state index in [0.717, 1.165) is 40.4 Å². The molecule has 0 saturated carbocycles. The summed E-state index contributed by atoms with van der Waals surface area (Å²) in [4.78, 5) is 9.35. The lowest BCUT2D eigenvalue weighted by molar-refractivity contribution is 0.644. The van der Waals surface area contributed by atoms with E-state index in [-0.39, 0.29) is 6.04 Å². The van der Waals surface area contributed by atoms with E-state index in [2.05, 4.69) is 32.9 Å². The summed E-state index contributed by atoms with van der Waals surface area (Å²) in [6.45, 7) is 2.10. The van der Waals surface area contributed by atoms with E-state index in [1.807, 2.05) is 25.2 Å². The van der Waals surface area contributed by atoms with Crippen LogP contribution in [0.1, 0.15) is 18.4 Å². The minimum absolute atomic E-state index is 0.189. The maximum Gasteiger partial charge on any atom is 0.160 e. The van der Waals surface area contributed by atoms with Crippen LogP contribution in [0.25, 0.3) is 22.6 Å². The average Bonchev–Trinajstić information content (AvgIpc) is 3.04. The summed E-state index contributed by atoms with van der Waals surface area (Å²) in [6, 6.07) is 8.33. The number of benzene rings is 1. The van der Waals surface area contributed by atoms with Crippen LogP contribution in [0.3, 0.4) is 0 Å². The molecule has 0 aliphatic heterocycles. The Labute approximate surface area is 122 Å². The molecule has 0 aliphatic carbocycles. The number of nitrogens with zero attached hydrogens (tertiary/aromatic N) is 3. The van der Waals surface area contributed by atoms with Crippen molar-refractivity contribution < 1.29 is 0 Å². The largest absolute Gasteiger partial charge is 0.327 e. The molecule has 104 valence electrons. The second-order valence-corrected chi connectivity index (χ2v) is 5.92. The van der Waals surface area contributed by atoms with Crippen LogP contribution in [0.2, 0.25) is 0 Å². The second-order valence-electron chi connectivity index (χ2n) is 4.98. The molecule has 4 nitrogen and oxygen atoms in total. The van der Waals surface area contributed by atoms with Gasteiger partial charge >= 0.3 is 0 Å². The van der Waals surface area contributed by atoms with Crippen molar-refractivity contribution in [3.05, 3.63) is 34.7 Å². The predicted octanol–water partition coefficient (Wildman–Crippen LogP) is 2.98. The maximum absolute atomic E-state index is 5.99. The first kappa shape index (κ1) is 13.3. The highest BCUT2D eigenvalue weighted by Gasteiger charge is 2.13. The van der Waals surface area contributed by atoms with E-state index in [1.165, 1.54) is 0 Å². The van der Waals surface area contributed by atoms with Crippen LogP contribution in [-0.4, -0.2) is 20.6 Å². The molecule has 0 spiro atoms. The molecule has 20 heavy (non-hydrogen) atoms. The normalized spacial score (nSPS) is 12.9. The van der Waals surface area contributed by atoms with E-state index >= 15 is 0 Å². The molecule has 0 amide bonds. The third-order valence-electron chi connectivity index (χ3n) is 3.53. The fraction of sp³-hybridized carbons (Fsp3) is 0.333. The summed E-state index contributed by atoms with van der Waals surface area (Å²) in [7, 11) is 2.03. The molecule has 0 aliphatic rings. The van der Waals surface area contributed by atoms with E-state index < -0.39 is 0 Å². The van der Waals surface area contributed by atoms with Gasteiger partial charge in [0.25, 0.3) is 0 Å². The first-order chi connectivity index (χ1) is 9.69. The highest BCUT2D eigenvalue weighted by atomic mass is 32.1. The number of fused-ring (bicyclic) bond motifs is 1. The topological polar surface area (TPSA) is 56.7 Å². The van der Waals surface area contributed by atoms with E-state index in [1.54, 1.807) is 11.3 Å². The van der Waals surface area contributed by atoms with Crippen LogP contribution in [0, 0.1) is 0 Å². The molecule has 1 unspecified atom stereocenters. The first-order valence-electron chi connectivity index (χ1n) is 6.81. The molecule has 0 radical (unpaired) electrons. The fourth-order valence-electron chi connectivity index (χ4n) is 2.25. The van der Waals surface area contributed by atoms with Crippen LogP contribution < -0.4 is 5.73 Å². The number of rotatable bonds is 4. The van der Waals surface area contributed by atoms with E-state index in [4.69, 9.17) is 5.73 Å². The number of hydrogen-bond acceptors (Lipinski definition) is 4. The molecule has 2 aromatic heterocycles. The van der Waals surface area contributed by atoms with Crippen LogP contribution in [0.4, 0.5) is 0 Å². The van der Waals surface area contributed by atoms with Crippen LogP contribution in [0.5, 0.6) is 0 Å². The lowest BCUT2D eigenvalue weighted by atomic mass is 10.2. The van der Waals surface area contributed by atoms with E-state index in [0.29, 0.717) is 0 Å². The minimum atomic E-state index is 0.189. The summed E-state index contributed by atoms with van der Waals surface area (Å²) in [5.74, 6) is 0.916. The van der Waals surface area contributed by atoms with Crippen molar-refractivity contribution in [2.45, 2.75) is 25.8 Å². The van der Waals surface area contributed by atoms with Gasteiger partial charge in [-0.05, 0) is 18.6 Å². The van der Waals surface area contributed by atoms with E-state index in [9.17, 15) is 0 Å². The quantitative estimate of drug-likeness (QED) is 0.802. The number of thiazole rings is 1. The monoisotopic (exact) mass is 286 g/mol. The van der Waals surface area contributed by atoms with Crippen LogP contribution in [0.15, 0.2) is 29.6 Å². The number of hydrogen-bond donors (Lipinski definition) is 1. The van der Waals surface area contributed by atoms with Crippen molar-refractivity contribution in [1.29, 1.82) is 0 Å². The van der Waals surface area contributed by atoms with Crippen molar-refractivity contribution in [2.24, 2.45) is 12.8 Å². The summed E-state index contributed by atoms with van der Waals surface area (Å²) in [6.07, 6.45) is 1.81. The van der Waals surface area contributed by atoms with Gasteiger partial charge in [-0.2, -0.15) is 0 Å². The zero-order valence-corrected chi connectivity index (χ0v) is 12.5. The van der Waals surface area contributed by atoms with Crippen LogP contribution in [-0.2, 0) is 13.5 Å². The summed E-state index contributed by atoms with van der Waals surface area (Å²) in [5.41, 5.74) is 9.06. The Bertz CT molecular complexity index is 728. The highest BCUT2D eigenvalue weighted by Crippen LogP contribution is 2.25. The zero-order chi connectivity index (χ0) is 14.1. The van der Waals surface area contributed by atoms with Gasteiger partial charge in [0.05, 0.1) is 16.0 Å². The predicted molar refractivity (Wildman–Crippen MR) is 83.8 cm³/mol. The lowest BCUT2D eigenvalue weighted by Gasteiger charge is -2.04. The standard InChI is InChI=1S/C15H18N4S/c1-3-10(16)8-14-17-12(9-20-14)15-18-11-6-4-5-7-13(11)19(15)2/h4-7,9-10H,3,8,16H2,1-2H3. The second kappa shape index (κ2) is 5.34. The molecule has 0 bridgehead atoms. The van der Waals surface area contributed by atoms with Gasteiger partial charge in [0, 0.05) is 24.9 Å². The molecule has 2 heterocycles. The molecule has 0 fully saturated rings. The molecular weight excluding hydrogens is 268 g/mol. The number of aromatic nitrogens is 3. The Hall–Kier alpha value is -1.72. The highest BCUT2D eigenvalue weighted by molar-refractivity contribution is 7.09. The van der Waals surface area contributed by atoms with Gasteiger partial charge in [-0.25, -0.2) is 9.97 Å². The van der Waals surface area contributed by atoms with Crippen molar-refractivity contribution in [3.8, 4) is 11.5 Å². The molecule has 1 aromatic carbocycles. The third kappa shape index (κ3) is 2.34. The summed E-state index contributed by atoms with van der Waals surface area (Å²) in [5, 5.41) is 3.15. The Morgan fingerprint density at radius 3 is 2.85 bits per heavy atom. The van der Waals surface area contributed by atoms with Gasteiger partial charge in [-0.15, -0.1) is 11.3 Å². The average molecular weight is 286 g/mol. The van der Waals surface area contributed by atoms with Gasteiger partial charge in [-0.1, -0.05) is 19.1 Å². The molecular formula is C15H18N4S. The summed E-state index contributed by atoms with van der Waals surface area (Å²) < 4.78 is 2.09. The summed E-state index contributed by atoms with van der Waals surface area (Å²) >= 11 is 1.66. The molecule has 1 atom stereocenters. The molecule has 0 saturated heterocycles. The minimum Gasteiger partial charge on any atom is -0.327 e. The number of aryl methyl sites for hydroxylation is 1. The number of imidazole rings is 1. The Balaban J connectivity index is 1.97. The lowest BCUT2D eigenvalue weighted by Crippen LogP contribution is -2.21. The van der Waals surface area contributed by atoms with Crippen molar-refractivity contribution in [3.63, 3.8) is 0 Å². The Morgan fingerprint density at radius 2 is 2.10 bits per heavy atom. The van der Waals surface area contributed by atoms with Crippen molar-refractivity contribution in [1.82, 2.24) is 14.5 Å². The molecule has 3 aromatic rings. The third-order valence-corrected chi connectivity index (χ3v) is 4.40. The molecule has 5 heteroatoms. The fourth-order valence-corrected chi connectivity index (χ4v) is 3.12. The van der Waals surface area contributed by atoms with Crippen molar-refractivity contribution in [2.75, 3.05) is 0 Å². The smallest absolute Gasteiger partial charge is 0.160 e. The molecule has 2 N–H and O–H groups in total. The van der Waals surface area contributed by atoms with Crippen molar-refractivity contribution >= 4 is 22.4 Å². The van der Waals surface area contributed by atoms with Gasteiger partial charge in [0.2, 0.25) is 0 Å². The first-order valence-corrected chi connectivity index (χ1v) is 7.68. The van der Waals surface area contributed by atoms with Crippen LogP contribution >= 0.6 is 11.3 Å². The van der Waals surface area contributed by atoms with Gasteiger partial charge in [0.15, 0.2) is 5.82 Å². The number of para-hydroxylation sites is 2. The van der Waals surface area contributed by atoms with Gasteiger partial charge in [0.1, 0.15) is 5.69 Å². The van der Waals surface area contributed by atoms with Gasteiger partial charge < -0.3 is 10.3 Å².